The largest absolute Gasteiger partial charge is 0.366 e. The highest BCUT2D eigenvalue weighted by Crippen LogP contribution is 2.26. The van der Waals surface area contributed by atoms with Crippen LogP contribution >= 0.6 is 23.8 Å². The van der Waals surface area contributed by atoms with E-state index < -0.39 is 0 Å². The van der Waals surface area contributed by atoms with E-state index in [-0.39, 0.29) is 0 Å². The van der Waals surface area contributed by atoms with Crippen LogP contribution in [-0.4, -0.2) is 33.6 Å². The number of rotatable bonds is 5. The fraction of sp³-hybridized carbons (Fsp3) is 0.263. The van der Waals surface area contributed by atoms with Crippen LogP contribution < -0.4 is 5.32 Å². The van der Waals surface area contributed by atoms with E-state index in [2.05, 4.69) is 27.1 Å². The van der Waals surface area contributed by atoms with Crippen LogP contribution in [0.1, 0.15) is 17.0 Å². The summed E-state index contributed by atoms with van der Waals surface area (Å²) in [7, 11) is 1.85. The molecular weight excluding hydrogens is 352 g/mol. The Kier molecular flexibility index (Phi) is 5.56. The molecule has 4 nitrogen and oxygen atoms in total. The van der Waals surface area contributed by atoms with E-state index >= 15 is 0 Å². The molecule has 0 unspecified atom stereocenters. The lowest BCUT2D eigenvalue weighted by atomic mass is 10.1. The van der Waals surface area contributed by atoms with E-state index in [1.165, 1.54) is 16.6 Å². The van der Waals surface area contributed by atoms with Gasteiger partial charge in [0.1, 0.15) is 0 Å². The molecule has 0 atom stereocenters. The maximum absolute atomic E-state index is 6.18. The first-order valence-corrected chi connectivity index (χ1v) is 9.00. The number of thiocarbonyl (C=S) groups is 1. The van der Waals surface area contributed by atoms with E-state index in [9.17, 15) is 0 Å². The Morgan fingerprint density at radius 1 is 1.32 bits per heavy atom. The summed E-state index contributed by atoms with van der Waals surface area (Å²) in [5, 5.41) is 5.73. The van der Waals surface area contributed by atoms with Gasteiger partial charge in [0, 0.05) is 41.4 Å². The number of pyridine rings is 1. The molecule has 2 aromatic heterocycles. The van der Waals surface area contributed by atoms with Crippen molar-refractivity contribution in [1.29, 1.82) is 0 Å². The van der Waals surface area contributed by atoms with Crippen molar-refractivity contribution in [3.63, 3.8) is 0 Å². The molecule has 0 aliphatic rings. The molecule has 0 radical (unpaired) electrons. The number of aromatic nitrogens is 2. The number of aryl methyl sites for hydroxylation is 1. The summed E-state index contributed by atoms with van der Waals surface area (Å²) in [4.78, 5) is 9.98. The number of H-pyrrole nitrogens is 1. The van der Waals surface area contributed by atoms with Crippen molar-refractivity contribution in [2.24, 2.45) is 0 Å². The quantitative estimate of drug-likeness (QED) is 0.662. The minimum atomic E-state index is 0.683. The topological polar surface area (TPSA) is 44.0 Å². The minimum absolute atomic E-state index is 0.683. The van der Waals surface area contributed by atoms with Crippen LogP contribution in [0.2, 0.25) is 5.02 Å². The zero-order valence-corrected chi connectivity index (χ0v) is 15.9. The van der Waals surface area contributed by atoms with Crippen molar-refractivity contribution in [1.82, 2.24) is 20.2 Å². The van der Waals surface area contributed by atoms with Crippen LogP contribution in [0.5, 0.6) is 0 Å². The second-order valence-corrected chi connectivity index (χ2v) is 6.79. The van der Waals surface area contributed by atoms with Crippen LogP contribution in [0.25, 0.3) is 10.9 Å². The van der Waals surface area contributed by atoms with Gasteiger partial charge in [0.05, 0.1) is 12.2 Å². The summed E-state index contributed by atoms with van der Waals surface area (Å²) in [5.41, 5.74) is 4.57. The molecule has 0 aliphatic carbocycles. The molecule has 130 valence electrons. The third-order valence-electron chi connectivity index (χ3n) is 4.29. The van der Waals surface area contributed by atoms with Crippen molar-refractivity contribution >= 4 is 39.8 Å². The SMILES string of the molecule is CNC(=S)N(CCc1c(C)[nH]c2ccc(Cl)cc12)Cc1ccccn1. The van der Waals surface area contributed by atoms with Gasteiger partial charge in [-0.1, -0.05) is 17.7 Å². The third-order valence-corrected chi connectivity index (χ3v) is 4.99. The first-order valence-electron chi connectivity index (χ1n) is 8.21. The molecular formula is C19H21ClN4S. The number of nitrogens with one attached hydrogen (secondary N) is 2. The van der Waals surface area contributed by atoms with Crippen LogP contribution in [0.15, 0.2) is 42.6 Å². The van der Waals surface area contributed by atoms with Gasteiger partial charge >= 0.3 is 0 Å². The Morgan fingerprint density at radius 3 is 2.88 bits per heavy atom. The van der Waals surface area contributed by atoms with Gasteiger partial charge in [0.25, 0.3) is 0 Å². The first kappa shape index (κ1) is 17.7. The Bertz CT molecular complexity index is 876. The Labute approximate surface area is 158 Å². The number of fused-ring (bicyclic) bond motifs is 1. The number of halogens is 1. The second-order valence-electron chi connectivity index (χ2n) is 5.97. The fourth-order valence-corrected chi connectivity index (χ4v) is 3.35. The van der Waals surface area contributed by atoms with Crippen LogP contribution in [0.3, 0.4) is 0 Å². The molecule has 1 aromatic carbocycles. The van der Waals surface area contributed by atoms with E-state index in [1.807, 2.05) is 49.6 Å². The van der Waals surface area contributed by atoms with Gasteiger partial charge < -0.3 is 15.2 Å². The standard InChI is InChI=1S/C19H21ClN4S/c1-13-16(17-11-14(20)6-7-18(17)23-13)8-10-24(19(25)21-2)12-15-5-3-4-9-22-15/h3-7,9,11,23H,8,10,12H2,1-2H3,(H,21,25). The normalized spacial score (nSPS) is 10.8. The summed E-state index contributed by atoms with van der Waals surface area (Å²) in [6.07, 6.45) is 2.68. The predicted molar refractivity (Wildman–Crippen MR) is 108 cm³/mol. The van der Waals surface area contributed by atoms with Gasteiger partial charge in [-0.05, 0) is 61.5 Å². The average molecular weight is 373 g/mol. The van der Waals surface area contributed by atoms with Gasteiger partial charge in [-0.15, -0.1) is 0 Å². The fourth-order valence-electron chi connectivity index (χ4n) is 3.02. The van der Waals surface area contributed by atoms with E-state index in [1.54, 1.807) is 0 Å². The smallest absolute Gasteiger partial charge is 0.169 e. The van der Waals surface area contributed by atoms with Crippen molar-refractivity contribution in [3.8, 4) is 0 Å². The lowest BCUT2D eigenvalue weighted by Crippen LogP contribution is -2.38. The summed E-state index contributed by atoms with van der Waals surface area (Å²) < 4.78 is 0. The number of aromatic amines is 1. The average Bonchev–Trinajstić information content (AvgIpc) is 2.93. The highest BCUT2D eigenvalue weighted by atomic mass is 35.5. The number of nitrogens with zero attached hydrogens (tertiary/aromatic N) is 2. The Balaban J connectivity index is 1.80. The van der Waals surface area contributed by atoms with E-state index in [0.717, 1.165) is 34.3 Å². The summed E-state index contributed by atoms with van der Waals surface area (Å²) in [6, 6.07) is 11.9. The van der Waals surface area contributed by atoms with Gasteiger partial charge in [-0.2, -0.15) is 0 Å². The zero-order chi connectivity index (χ0) is 17.8. The highest BCUT2D eigenvalue weighted by molar-refractivity contribution is 7.80. The summed E-state index contributed by atoms with van der Waals surface area (Å²) >= 11 is 11.7. The maximum Gasteiger partial charge on any atom is 0.169 e. The molecule has 0 aliphatic heterocycles. The molecule has 0 saturated carbocycles. The highest BCUT2D eigenvalue weighted by Gasteiger charge is 2.14. The first-order chi connectivity index (χ1) is 12.1. The van der Waals surface area contributed by atoms with Crippen LogP contribution in [0, 0.1) is 6.92 Å². The van der Waals surface area contributed by atoms with Crippen LogP contribution in [0.4, 0.5) is 0 Å². The minimum Gasteiger partial charge on any atom is -0.366 e. The van der Waals surface area contributed by atoms with Gasteiger partial charge in [-0.3, -0.25) is 4.98 Å². The number of hydrogen-bond acceptors (Lipinski definition) is 2. The van der Waals surface area contributed by atoms with E-state index in [4.69, 9.17) is 23.8 Å². The molecule has 0 saturated heterocycles. The van der Waals surface area contributed by atoms with Crippen molar-refractivity contribution in [2.45, 2.75) is 19.9 Å². The molecule has 0 amide bonds. The lowest BCUT2D eigenvalue weighted by molar-refractivity contribution is 0.407. The predicted octanol–water partition coefficient (Wildman–Crippen LogP) is 4.07. The molecule has 0 bridgehead atoms. The lowest BCUT2D eigenvalue weighted by Gasteiger charge is -2.24. The molecule has 6 heteroatoms. The molecule has 2 N–H and O–H groups in total. The Morgan fingerprint density at radius 2 is 2.16 bits per heavy atom. The third kappa shape index (κ3) is 4.11. The molecule has 25 heavy (non-hydrogen) atoms. The zero-order valence-electron chi connectivity index (χ0n) is 14.3. The van der Waals surface area contributed by atoms with E-state index in [0.29, 0.717) is 6.54 Å². The molecule has 0 fully saturated rings. The van der Waals surface area contributed by atoms with Crippen molar-refractivity contribution in [3.05, 3.63) is 64.6 Å². The summed E-state index contributed by atoms with van der Waals surface area (Å²) in [6.45, 7) is 3.59. The Hall–Kier alpha value is -2.11. The molecule has 3 rings (SSSR count). The molecule has 3 aromatic rings. The number of hydrogen-bond donors (Lipinski definition) is 2. The molecule has 0 spiro atoms. The number of benzene rings is 1. The summed E-state index contributed by atoms with van der Waals surface area (Å²) in [5.74, 6) is 0. The van der Waals surface area contributed by atoms with Gasteiger partial charge in [0.2, 0.25) is 0 Å². The van der Waals surface area contributed by atoms with Gasteiger partial charge in [-0.25, -0.2) is 0 Å². The second kappa shape index (κ2) is 7.85. The monoisotopic (exact) mass is 372 g/mol. The van der Waals surface area contributed by atoms with Crippen molar-refractivity contribution in [2.75, 3.05) is 13.6 Å². The van der Waals surface area contributed by atoms with Gasteiger partial charge in [0.15, 0.2) is 5.11 Å². The molecule has 2 heterocycles. The maximum atomic E-state index is 6.18. The van der Waals surface area contributed by atoms with Crippen LogP contribution in [-0.2, 0) is 13.0 Å². The van der Waals surface area contributed by atoms with Crippen molar-refractivity contribution < 1.29 is 0 Å².